The van der Waals surface area contributed by atoms with Crippen LogP contribution in [0.4, 0.5) is 5.00 Å². The molecule has 0 radical (unpaired) electrons. The Morgan fingerprint density at radius 2 is 1.94 bits per heavy atom. The smallest absolute Gasteiger partial charge is 0.325 e. The molecule has 11 heteroatoms. The first-order chi connectivity index (χ1) is 15.3. The van der Waals surface area contributed by atoms with Gasteiger partial charge in [-0.05, 0) is 50.2 Å². The van der Waals surface area contributed by atoms with Crippen LogP contribution in [0, 0.1) is 0 Å². The standard InChI is InChI=1S/C22H33N5O4S.ClH/c1-13(23)20(30)26-19(25-12-18(28)29)17-11-15(14-7-4-3-5-8-14)22(32-17)27-10-6-9-16(27)21(31)24-2;/h11,13-14,16H,3-10,12,23H2,1-2H3,(H,24,31)(H,28,29)(H,25,26,30);1H/t13-,16-;/m0./s1. The number of hydrogen-bond acceptors (Lipinski definition) is 7. The van der Waals surface area contributed by atoms with Crippen molar-refractivity contribution in [2.75, 3.05) is 25.0 Å². The predicted octanol–water partition coefficient (Wildman–Crippen LogP) is 2.23. The van der Waals surface area contributed by atoms with E-state index in [4.69, 9.17) is 10.8 Å². The first kappa shape index (κ1) is 27.1. The topological polar surface area (TPSA) is 137 Å². The van der Waals surface area contributed by atoms with E-state index in [1.54, 1.807) is 14.0 Å². The molecular weight excluding hydrogens is 466 g/mol. The molecule has 2 fully saturated rings. The van der Waals surface area contributed by atoms with Gasteiger partial charge in [0.25, 0.3) is 0 Å². The van der Waals surface area contributed by atoms with Gasteiger partial charge in [0, 0.05) is 13.6 Å². The summed E-state index contributed by atoms with van der Waals surface area (Å²) in [5.41, 5.74) is 6.87. The van der Waals surface area contributed by atoms with Gasteiger partial charge in [0.05, 0.1) is 15.9 Å². The molecule has 2 aliphatic rings. The number of aliphatic imine (C=N–C) groups is 1. The summed E-state index contributed by atoms with van der Waals surface area (Å²) in [6.45, 7) is 1.90. The molecule has 0 bridgehead atoms. The minimum Gasteiger partial charge on any atom is -0.480 e. The fourth-order valence-electron chi connectivity index (χ4n) is 4.45. The SMILES string of the molecule is CNC(=O)[C@@H]1CCCN1c1sc(C(=NCC(=O)O)NC(=O)[C@H](C)N)cc1C1CCCCC1.Cl. The Morgan fingerprint density at radius 3 is 2.55 bits per heavy atom. The van der Waals surface area contributed by atoms with Crippen molar-refractivity contribution in [1.29, 1.82) is 0 Å². The summed E-state index contributed by atoms with van der Waals surface area (Å²) in [6.07, 6.45) is 7.42. The van der Waals surface area contributed by atoms with Crippen molar-refractivity contribution in [1.82, 2.24) is 10.6 Å². The van der Waals surface area contributed by atoms with Gasteiger partial charge in [-0.15, -0.1) is 23.7 Å². The van der Waals surface area contributed by atoms with E-state index in [1.165, 1.54) is 23.3 Å². The molecule has 1 saturated carbocycles. The Bertz CT molecular complexity index is 882. The van der Waals surface area contributed by atoms with Crippen LogP contribution in [0.15, 0.2) is 11.1 Å². The molecule has 9 nitrogen and oxygen atoms in total. The number of halogens is 1. The number of aliphatic carboxylic acids is 1. The zero-order chi connectivity index (χ0) is 23.3. The largest absolute Gasteiger partial charge is 0.480 e. The average Bonchev–Trinajstić information content (AvgIpc) is 3.43. The van der Waals surface area contributed by atoms with E-state index in [0.717, 1.165) is 50.1 Å². The van der Waals surface area contributed by atoms with Gasteiger partial charge in [0.1, 0.15) is 18.4 Å². The second-order valence-corrected chi connectivity index (χ2v) is 9.54. The van der Waals surface area contributed by atoms with Crippen LogP contribution in [0.3, 0.4) is 0 Å². The fraction of sp³-hybridized carbons (Fsp3) is 0.636. The van der Waals surface area contributed by atoms with Crippen LogP contribution in [-0.4, -0.2) is 60.9 Å². The number of carbonyl (C=O) groups is 3. The third-order valence-electron chi connectivity index (χ3n) is 6.11. The number of thiophene rings is 1. The van der Waals surface area contributed by atoms with E-state index in [9.17, 15) is 14.4 Å². The number of nitrogens with two attached hydrogens (primary N) is 1. The molecule has 2 heterocycles. The van der Waals surface area contributed by atoms with Crippen LogP contribution in [0.1, 0.15) is 68.2 Å². The van der Waals surface area contributed by atoms with Gasteiger partial charge in [-0.25, -0.2) is 0 Å². The second-order valence-electron chi connectivity index (χ2n) is 8.51. The van der Waals surface area contributed by atoms with Gasteiger partial charge in [-0.3, -0.25) is 19.4 Å². The Balaban J connectivity index is 0.00000385. The second kappa shape index (κ2) is 12.3. The third-order valence-corrected chi connectivity index (χ3v) is 7.30. The molecular formula is C22H34ClN5O4S. The highest BCUT2D eigenvalue weighted by Crippen LogP contribution is 2.44. The molecule has 33 heavy (non-hydrogen) atoms. The van der Waals surface area contributed by atoms with Crippen LogP contribution < -0.4 is 21.3 Å². The van der Waals surface area contributed by atoms with E-state index >= 15 is 0 Å². The normalized spacial score (nSPS) is 20.2. The summed E-state index contributed by atoms with van der Waals surface area (Å²) >= 11 is 1.46. The van der Waals surface area contributed by atoms with Crippen LogP contribution in [0.25, 0.3) is 0 Å². The van der Waals surface area contributed by atoms with E-state index < -0.39 is 24.5 Å². The Labute approximate surface area is 204 Å². The quantitative estimate of drug-likeness (QED) is 0.335. The lowest BCUT2D eigenvalue weighted by atomic mass is 9.84. The summed E-state index contributed by atoms with van der Waals surface area (Å²) in [5, 5.41) is 15.6. The summed E-state index contributed by atoms with van der Waals surface area (Å²) in [5.74, 6) is -0.913. The number of carbonyl (C=O) groups excluding carboxylic acids is 2. The number of nitrogens with zero attached hydrogens (tertiary/aromatic N) is 2. The number of amidine groups is 1. The molecule has 1 aliphatic carbocycles. The molecule has 1 aromatic heterocycles. The monoisotopic (exact) mass is 499 g/mol. The van der Waals surface area contributed by atoms with E-state index in [1.807, 2.05) is 6.07 Å². The van der Waals surface area contributed by atoms with Crippen LogP contribution >= 0.6 is 23.7 Å². The van der Waals surface area contributed by atoms with Crippen molar-refractivity contribution in [2.24, 2.45) is 10.7 Å². The molecule has 0 aromatic carbocycles. The summed E-state index contributed by atoms with van der Waals surface area (Å²) in [4.78, 5) is 42.9. The molecule has 1 aliphatic heterocycles. The molecule has 1 aromatic rings. The van der Waals surface area contributed by atoms with Crippen molar-refractivity contribution >= 4 is 52.4 Å². The van der Waals surface area contributed by atoms with Gasteiger partial charge in [0.15, 0.2) is 0 Å². The van der Waals surface area contributed by atoms with Gasteiger partial charge < -0.3 is 26.4 Å². The van der Waals surface area contributed by atoms with Crippen molar-refractivity contribution in [2.45, 2.75) is 69.9 Å². The number of anilines is 1. The molecule has 3 rings (SSSR count). The molecule has 0 spiro atoms. The van der Waals surface area contributed by atoms with Gasteiger partial charge in [0.2, 0.25) is 11.8 Å². The molecule has 2 atom stereocenters. The lowest BCUT2D eigenvalue weighted by Crippen LogP contribution is -2.42. The number of carboxylic acids is 1. The lowest BCUT2D eigenvalue weighted by Gasteiger charge is -2.29. The minimum atomic E-state index is -1.08. The predicted molar refractivity (Wildman–Crippen MR) is 133 cm³/mol. The maximum atomic E-state index is 12.5. The average molecular weight is 500 g/mol. The summed E-state index contributed by atoms with van der Waals surface area (Å²) in [6, 6.07) is 1.04. The Hall–Kier alpha value is -2.17. The molecule has 184 valence electrons. The van der Waals surface area contributed by atoms with Crippen LogP contribution in [-0.2, 0) is 14.4 Å². The fourth-order valence-corrected chi connectivity index (χ4v) is 5.73. The van der Waals surface area contributed by atoms with Gasteiger partial charge >= 0.3 is 5.97 Å². The number of hydrogen-bond donors (Lipinski definition) is 4. The lowest BCUT2D eigenvalue weighted by molar-refractivity contribution is -0.135. The van der Waals surface area contributed by atoms with Crippen molar-refractivity contribution in [3.63, 3.8) is 0 Å². The zero-order valence-electron chi connectivity index (χ0n) is 19.1. The highest BCUT2D eigenvalue weighted by molar-refractivity contribution is 7.18. The van der Waals surface area contributed by atoms with Crippen LogP contribution in [0.2, 0.25) is 0 Å². The molecule has 2 amide bonds. The highest BCUT2D eigenvalue weighted by Gasteiger charge is 2.35. The highest BCUT2D eigenvalue weighted by atomic mass is 35.5. The van der Waals surface area contributed by atoms with Gasteiger partial charge in [-0.1, -0.05) is 19.3 Å². The van der Waals surface area contributed by atoms with Gasteiger partial charge in [-0.2, -0.15) is 0 Å². The van der Waals surface area contributed by atoms with Crippen molar-refractivity contribution in [3.05, 3.63) is 16.5 Å². The molecule has 0 unspecified atom stereocenters. The maximum absolute atomic E-state index is 12.5. The number of nitrogens with one attached hydrogen (secondary N) is 2. The van der Waals surface area contributed by atoms with Crippen molar-refractivity contribution in [3.8, 4) is 0 Å². The summed E-state index contributed by atoms with van der Waals surface area (Å²) in [7, 11) is 1.65. The summed E-state index contributed by atoms with van der Waals surface area (Å²) < 4.78 is 0. The molecule has 5 N–H and O–H groups in total. The zero-order valence-corrected chi connectivity index (χ0v) is 20.8. The minimum absolute atomic E-state index is 0. The number of likely N-dealkylation sites (N-methyl/N-ethyl adjacent to an activating group) is 1. The van der Waals surface area contributed by atoms with E-state index in [0.29, 0.717) is 10.8 Å². The van der Waals surface area contributed by atoms with E-state index in [-0.39, 0.29) is 30.2 Å². The first-order valence-corrected chi connectivity index (χ1v) is 12.1. The number of rotatable bonds is 7. The number of carboxylic acid groups (broad SMARTS) is 1. The van der Waals surface area contributed by atoms with Crippen molar-refractivity contribution < 1.29 is 19.5 Å². The van der Waals surface area contributed by atoms with E-state index in [2.05, 4.69) is 20.5 Å². The Morgan fingerprint density at radius 1 is 1.24 bits per heavy atom. The molecule has 1 saturated heterocycles. The third kappa shape index (κ3) is 6.68. The number of amides is 2. The first-order valence-electron chi connectivity index (χ1n) is 11.3. The van der Waals surface area contributed by atoms with Crippen LogP contribution in [0.5, 0.6) is 0 Å². The Kier molecular flexibility index (Phi) is 10.1. The maximum Gasteiger partial charge on any atom is 0.325 e.